The van der Waals surface area contributed by atoms with Gasteiger partial charge in [-0.05, 0) is 48.2 Å². The lowest BCUT2D eigenvalue weighted by atomic mass is 10.0. The van der Waals surface area contributed by atoms with Gasteiger partial charge in [0.2, 0.25) is 15.9 Å². The first-order valence-electron chi connectivity index (χ1n) is 11.4. The molecule has 2 aliphatic heterocycles. The molecule has 0 saturated carbocycles. The molecule has 3 aromatic rings. The van der Waals surface area contributed by atoms with Crippen LogP contribution in [0.4, 0.5) is 5.69 Å². The molecule has 7 nitrogen and oxygen atoms in total. The molecule has 0 atom stereocenters. The summed E-state index contributed by atoms with van der Waals surface area (Å²) >= 11 is 0. The minimum absolute atomic E-state index is 0.0101. The summed E-state index contributed by atoms with van der Waals surface area (Å²) in [4.78, 5) is 20.8. The lowest BCUT2D eigenvalue weighted by Gasteiger charge is -2.34. The third-order valence-electron chi connectivity index (χ3n) is 6.63. The number of sulfonamides is 1. The van der Waals surface area contributed by atoms with Crippen LogP contribution in [0.25, 0.3) is 10.9 Å². The van der Waals surface area contributed by atoms with Crippen LogP contribution in [0.1, 0.15) is 24.5 Å². The van der Waals surface area contributed by atoms with Crippen molar-refractivity contribution in [3.05, 3.63) is 65.9 Å². The molecule has 8 heteroatoms. The van der Waals surface area contributed by atoms with Crippen molar-refractivity contribution in [1.29, 1.82) is 0 Å². The smallest absolute Gasteiger partial charge is 0.243 e. The second kappa shape index (κ2) is 8.85. The van der Waals surface area contributed by atoms with Gasteiger partial charge in [0.15, 0.2) is 0 Å². The maximum Gasteiger partial charge on any atom is 0.243 e. The van der Waals surface area contributed by atoms with Gasteiger partial charge in [-0.1, -0.05) is 24.3 Å². The Hall–Kier alpha value is -2.81. The minimum Gasteiger partial charge on any atom is -0.312 e. The SMILES string of the molecule is CC(=O)N1CCCc2cc(S(=O)(=O)N3CCN(Cc4cccc5cccnc45)CC3)ccc21. The summed E-state index contributed by atoms with van der Waals surface area (Å²) in [6.45, 7) is 5.24. The number of hydrogen-bond acceptors (Lipinski definition) is 5. The number of hydrogen-bond donors (Lipinski definition) is 0. The first kappa shape index (κ1) is 22.0. The zero-order chi connectivity index (χ0) is 23.0. The van der Waals surface area contributed by atoms with Gasteiger partial charge in [-0.2, -0.15) is 4.31 Å². The van der Waals surface area contributed by atoms with E-state index in [0.29, 0.717) is 37.6 Å². The van der Waals surface area contributed by atoms with Gasteiger partial charge in [0, 0.05) is 63.5 Å². The molecule has 0 bridgehead atoms. The predicted molar refractivity (Wildman–Crippen MR) is 129 cm³/mol. The zero-order valence-corrected chi connectivity index (χ0v) is 19.6. The first-order valence-corrected chi connectivity index (χ1v) is 12.8. The third kappa shape index (κ3) is 4.26. The van der Waals surface area contributed by atoms with E-state index in [1.165, 1.54) is 0 Å². The molecule has 1 aromatic heterocycles. The molecule has 2 aliphatic rings. The number of aryl methyl sites for hydroxylation is 1. The molecule has 0 unspecified atom stereocenters. The molecule has 0 radical (unpaired) electrons. The number of anilines is 1. The number of amides is 1. The largest absolute Gasteiger partial charge is 0.312 e. The average Bonchev–Trinajstić information content (AvgIpc) is 2.84. The summed E-state index contributed by atoms with van der Waals surface area (Å²) in [6.07, 6.45) is 3.44. The normalized spacial score (nSPS) is 17.8. The van der Waals surface area contributed by atoms with E-state index in [0.717, 1.165) is 47.1 Å². The van der Waals surface area contributed by atoms with E-state index in [1.54, 1.807) is 34.3 Å². The minimum atomic E-state index is -3.57. The van der Waals surface area contributed by atoms with Crippen molar-refractivity contribution < 1.29 is 13.2 Å². The molecule has 172 valence electrons. The average molecular weight is 465 g/mol. The fourth-order valence-corrected chi connectivity index (χ4v) is 6.35. The predicted octanol–water partition coefficient (Wildman–Crippen LogP) is 3.04. The Morgan fingerprint density at radius 3 is 2.58 bits per heavy atom. The molecule has 5 rings (SSSR count). The molecule has 0 spiro atoms. The number of nitrogens with zero attached hydrogens (tertiary/aromatic N) is 4. The first-order chi connectivity index (χ1) is 15.9. The molecule has 3 heterocycles. The van der Waals surface area contributed by atoms with Gasteiger partial charge in [0.05, 0.1) is 10.4 Å². The summed E-state index contributed by atoms with van der Waals surface area (Å²) in [5.74, 6) is -0.0101. The third-order valence-corrected chi connectivity index (χ3v) is 8.52. The number of carbonyl (C=O) groups excluding carboxylic acids is 1. The number of para-hydroxylation sites is 1. The van der Waals surface area contributed by atoms with Crippen LogP contribution in [0.3, 0.4) is 0 Å². The number of fused-ring (bicyclic) bond motifs is 2. The summed E-state index contributed by atoms with van der Waals surface area (Å²) in [5, 5.41) is 1.12. The van der Waals surface area contributed by atoms with Crippen LogP contribution in [0.2, 0.25) is 0 Å². The molecule has 2 aromatic carbocycles. The topological polar surface area (TPSA) is 73.8 Å². The number of pyridine rings is 1. The summed E-state index contributed by atoms with van der Waals surface area (Å²) in [6, 6.07) is 15.4. The summed E-state index contributed by atoms with van der Waals surface area (Å²) in [5.41, 5.74) is 3.93. The second-order valence-corrected chi connectivity index (χ2v) is 10.7. The molecule has 1 amide bonds. The van der Waals surface area contributed by atoms with E-state index in [1.807, 2.05) is 18.3 Å². The monoisotopic (exact) mass is 464 g/mol. The van der Waals surface area contributed by atoms with Gasteiger partial charge in [-0.15, -0.1) is 0 Å². The highest BCUT2D eigenvalue weighted by molar-refractivity contribution is 7.89. The van der Waals surface area contributed by atoms with Crippen LogP contribution in [0.5, 0.6) is 0 Å². The van der Waals surface area contributed by atoms with E-state index >= 15 is 0 Å². The Morgan fingerprint density at radius 1 is 1.00 bits per heavy atom. The highest BCUT2D eigenvalue weighted by atomic mass is 32.2. The van der Waals surface area contributed by atoms with Gasteiger partial charge in [0.1, 0.15) is 0 Å². The molecule has 0 N–H and O–H groups in total. The van der Waals surface area contributed by atoms with Gasteiger partial charge in [-0.3, -0.25) is 14.7 Å². The van der Waals surface area contributed by atoms with E-state index in [9.17, 15) is 13.2 Å². The Balaban J connectivity index is 1.29. The lowest BCUT2D eigenvalue weighted by Crippen LogP contribution is -2.48. The molecular formula is C25H28N4O3S. The summed E-state index contributed by atoms with van der Waals surface area (Å²) in [7, 11) is -3.57. The Morgan fingerprint density at radius 2 is 1.79 bits per heavy atom. The zero-order valence-electron chi connectivity index (χ0n) is 18.8. The van der Waals surface area contributed by atoms with Gasteiger partial charge >= 0.3 is 0 Å². The Bertz CT molecular complexity index is 1290. The van der Waals surface area contributed by atoms with Gasteiger partial charge < -0.3 is 4.90 Å². The van der Waals surface area contributed by atoms with Gasteiger partial charge in [0.25, 0.3) is 0 Å². The van der Waals surface area contributed by atoms with Crippen LogP contribution in [0, 0.1) is 0 Å². The highest BCUT2D eigenvalue weighted by Gasteiger charge is 2.30. The standard InChI is InChI=1S/C25H28N4O3S/c1-19(30)29-12-4-8-21-17-23(9-10-24(21)29)33(31,32)28-15-13-27(14-16-28)18-22-6-2-5-20-7-3-11-26-25(20)22/h2-3,5-7,9-11,17H,4,8,12-16,18H2,1H3. The van der Waals surface area contributed by atoms with Crippen LogP contribution in [-0.4, -0.2) is 61.2 Å². The van der Waals surface area contributed by atoms with Crippen LogP contribution < -0.4 is 4.90 Å². The molecule has 1 saturated heterocycles. The summed E-state index contributed by atoms with van der Waals surface area (Å²) < 4.78 is 28.3. The molecule has 0 aliphatic carbocycles. The maximum atomic E-state index is 13.3. The fraction of sp³-hybridized carbons (Fsp3) is 0.360. The van der Waals surface area contributed by atoms with Crippen molar-refractivity contribution in [2.45, 2.75) is 31.2 Å². The number of piperazine rings is 1. The number of carbonyl (C=O) groups is 1. The van der Waals surface area contributed by atoms with E-state index < -0.39 is 10.0 Å². The van der Waals surface area contributed by atoms with Crippen molar-refractivity contribution in [2.24, 2.45) is 0 Å². The molecule has 33 heavy (non-hydrogen) atoms. The fourth-order valence-electron chi connectivity index (χ4n) is 4.87. The Kier molecular flexibility index (Phi) is 5.90. The Labute approximate surface area is 194 Å². The van der Waals surface area contributed by atoms with Crippen molar-refractivity contribution >= 4 is 32.5 Å². The van der Waals surface area contributed by atoms with Crippen molar-refractivity contribution in [3.63, 3.8) is 0 Å². The van der Waals surface area contributed by atoms with Crippen molar-refractivity contribution in [3.8, 4) is 0 Å². The quantitative estimate of drug-likeness (QED) is 0.593. The van der Waals surface area contributed by atoms with Crippen molar-refractivity contribution in [1.82, 2.24) is 14.2 Å². The van der Waals surface area contributed by atoms with Crippen LogP contribution in [-0.2, 0) is 27.8 Å². The maximum absolute atomic E-state index is 13.3. The van der Waals surface area contributed by atoms with E-state index in [2.05, 4.69) is 28.1 Å². The molecule has 1 fully saturated rings. The highest BCUT2D eigenvalue weighted by Crippen LogP contribution is 2.31. The number of rotatable bonds is 4. The van der Waals surface area contributed by atoms with E-state index in [-0.39, 0.29) is 5.91 Å². The number of aromatic nitrogens is 1. The van der Waals surface area contributed by atoms with Crippen LogP contribution in [0.15, 0.2) is 59.6 Å². The molecular weight excluding hydrogens is 436 g/mol. The lowest BCUT2D eigenvalue weighted by molar-refractivity contribution is -0.116. The van der Waals surface area contributed by atoms with Crippen molar-refractivity contribution in [2.75, 3.05) is 37.6 Å². The van der Waals surface area contributed by atoms with E-state index in [4.69, 9.17) is 0 Å². The van der Waals surface area contributed by atoms with Gasteiger partial charge in [-0.25, -0.2) is 8.42 Å². The number of benzene rings is 2. The second-order valence-electron chi connectivity index (χ2n) is 8.74. The van der Waals surface area contributed by atoms with Crippen LogP contribution >= 0.6 is 0 Å².